The van der Waals surface area contributed by atoms with E-state index in [9.17, 15) is 9.59 Å². The van der Waals surface area contributed by atoms with Crippen LogP contribution in [0.1, 0.15) is 36.8 Å². The summed E-state index contributed by atoms with van der Waals surface area (Å²) in [6.07, 6.45) is 0. The number of methoxy groups -OCH3 is 1. The van der Waals surface area contributed by atoms with Gasteiger partial charge in [-0.15, -0.1) is 0 Å². The van der Waals surface area contributed by atoms with Crippen molar-refractivity contribution >= 4 is 28.5 Å². The number of hydrogen-bond acceptors (Lipinski definition) is 5. The molecule has 0 spiro atoms. The van der Waals surface area contributed by atoms with Crippen LogP contribution in [-0.2, 0) is 14.9 Å². The standard InChI is InChI=1S/C27H27N3O4/c1-27(2,3)23-16-24(30(29-23)20-12-6-5-7-13-20)28-25(31)17-34-26(32)21-14-18-10-8-9-11-19(18)15-22(21)33-4/h5-16H,17H2,1-4H3,(H,28,31). The van der Waals surface area contributed by atoms with Crippen LogP contribution in [0.15, 0.2) is 72.8 Å². The van der Waals surface area contributed by atoms with Gasteiger partial charge in [0.1, 0.15) is 17.1 Å². The Bertz CT molecular complexity index is 1340. The van der Waals surface area contributed by atoms with Crippen molar-refractivity contribution in [3.05, 3.63) is 84.1 Å². The zero-order valence-corrected chi connectivity index (χ0v) is 19.7. The number of anilines is 1. The summed E-state index contributed by atoms with van der Waals surface area (Å²) in [4.78, 5) is 25.4. The Kier molecular flexibility index (Phi) is 6.36. The lowest BCUT2D eigenvalue weighted by atomic mass is 9.92. The van der Waals surface area contributed by atoms with Gasteiger partial charge in [0, 0.05) is 11.5 Å². The lowest BCUT2D eigenvalue weighted by Crippen LogP contribution is -2.22. The van der Waals surface area contributed by atoms with E-state index in [1.165, 1.54) is 7.11 Å². The van der Waals surface area contributed by atoms with Crippen LogP contribution in [-0.4, -0.2) is 35.4 Å². The van der Waals surface area contributed by atoms with Crippen molar-refractivity contribution < 1.29 is 19.1 Å². The molecule has 1 heterocycles. The average molecular weight is 458 g/mol. The second-order valence-electron chi connectivity index (χ2n) is 8.94. The van der Waals surface area contributed by atoms with Gasteiger partial charge < -0.3 is 14.8 Å². The molecule has 0 atom stereocenters. The van der Waals surface area contributed by atoms with Gasteiger partial charge in [0.2, 0.25) is 0 Å². The summed E-state index contributed by atoms with van der Waals surface area (Å²) < 4.78 is 12.3. The molecule has 1 amide bonds. The Labute approximate surface area is 198 Å². The zero-order valence-electron chi connectivity index (χ0n) is 19.7. The van der Waals surface area contributed by atoms with E-state index < -0.39 is 18.5 Å². The van der Waals surface area contributed by atoms with E-state index in [0.29, 0.717) is 11.6 Å². The zero-order chi connectivity index (χ0) is 24.3. The number of hydrogen-bond donors (Lipinski definition) is 1. The van der Waals surface area contributed by atoms with Gasteiger partial charge in [0.05, 0.1) is 18.5 Å². The van der Waals surface area contributed by atoms with Gasteiger partial charge in [-0.3, -0.25) is 4.79 Å². The fourth-order valence-electron chi connectivity index (χ4n) is 3.54. The van der Waals surface area contributed by atoms with Crippen LogP contribution < -0.4 is 10.1 Å². The molecular formula is C27H27N3O4. The van der Waals surface area contributed by atoms with E-state index >= 15 is 0 Å². The summed E-state index contributed by atoms with van der Waals surface area (Å²) in [6.45, 7) is 5.71. The van der Waals surface area contributed by atoms with E-state index in [1.807, 2.05) is 60.7 Å². The molecule has 1 N–H and O–H groups in total. The number of ether oxygens (including phenoxy) is 2. The Hall–Kier alpha value is -4.13. The number of carbonyl (C=O) groups excluding carboxylic acids is 2. The third-order valence-electron chi connectivity index (χ3n) is 5.37. The Morgan fingerprint density at radius 2 is 1.59 bits per heavy atom. The van der Waals surface area contributed by atoms with Crippen molar-refractivity contribution in [1.29, 1.82) is 0 Å². The normalized spacial score (nSPS) is 11.3. The number of esters is 1. The first kappa shape index (κ1) is 23.0. The maximum atomic E-state index is 12.7. The van der Waals surface area contributed by atoms with Crippen LogP contribution in [0.4, 0.5) is 5.82 Å². The van der Waals surface area contributed by atoms with Crippen molar-refractivity contribution in [1.82, 2.24) is 9.78 Å². The summed E-state index contributed by atoms with van der Waals surface area (Å²) in [5.41, 5.74) is 1.69. The highest BCUT2D eigenvalue weighted by Crippen LogP contribution is 2.28. The van der Waals surface area contributed by atoms with Gasteiger partial charge in [0.15, 0.2) is 6.61 Å². The summed E-state index contributed by atoms with van der Waals surface area (Å²) in [5, 5.41) is 9.31. The number of fused-ring (bicyclic) bond motifs is 1. The number of amides is 1. The molecule has 0 aliphatic heterocycles. The molecule has 34 heavy (non-hydrogen) atoms. The first-order valence-electron chi connectivity index (χ1n) is 11.0. The molecule has 0 saturated carbocycles. The second kappa shape index (κ2) is 9.39. The van der Waals surface area contributed by atoms with Gasteiger partial charge in [-0.1, -0.05) is 63.2 Å². The van der Waals surface area contributed by atoms with Gasteiger partial charge >= 0.3 is 5.97 Å². The van der Waals surface area contributed by atoms with Crippen LogP contribution in [0.25, 0.3) is 16.5 Å². The monoisotopic (exact) mass is 457 g/mol. The highest BCUT2D eigenvalue weighted by Gasteiger charge is 2.22. The molecule has 0 fully saturated rings. The lowest BCUT2D eigenvalue weighted by molar-refractivity contribution is -0.119. The van der Waals surface area contributed by atoms with Crippen LogP contribution in [0.2, 0.25) is 0 Å². The molecular weight excluding hydrogens is 430 g/mol. The van der Waals surface area contributed by atoms with Gasteiger partial charge in [0.25, 0.3) is 5.91 Å². The quantitative estimate of drug-likeness (QED) is 0.406. The first-order chi connectivity index (χ1) is 16.3. The molecule has 4 rings (SSSR count). The molecule has 7 heteroatoms. The number of para-hydroxylation sites is 1. The smallest absolute Gasteiger partial charge is 0.342 e. The number of aromatic nitrogens is 2. The van der Waals surface area contributed by atoms with Gasteiger partial charge in [-0.2, -0.15) is 5.10 Å². The highest BCUT2D eigenvalue weighted by atomic mass is 16.5. The Morgan fingerprint density at radius 3 is 2.24 bits per heavy atom. The first-order valence-corrected chi connectivity index (χ1v) is 11.0. The largest absolute Gasteiger partial charge is 0.496 e. The minimum atomic E-state index is -0.635. The number of carbonyl (C=O) groups is 2. The summed E-state index contributed by atoms with van der Waals surface area (Å²) in [5.74, 6) is -0.211. The number of benzene rings is 3. The minimum Gasteiger partial charge on any atom is -0.496 e. The number of rotatable bonds is 6. The third kappa shape index (κ3) is 4.93. The van der Waals surface area contributed by atoms with E-state index in [-0.39, 0.29) is 11.0 Å². The van der Waals surface area contributed by atoms with E-state index in [1.54, 1.807) is 16.8 Å². The van der Waals surface area contributed by atoms with E-state index in [0.717, 1.165) is 22.2 Å². The van der Waals surface area contributed by atoms with Crippen molar-refractivity contribution in [2.75, 3.05) is 19.0 Å². The second-order valence-corrected chi connectivity index (χ2v) is 8.94. The third-order valence-corrected chi connectivity index (χ3v) is 5.37. The SMILES string of the molecule is COc1cc2ccccc2cc1C(=O)OCC(=O)Nc1cc(C(C)(C)C)nn1-c1ccccc1. The predicted octanol–water partition coefficient (Wildman–Crippen LogP) is 5.13. The molecule has 0 unspecified atom stereocenters. The molecule has 4 aromatic rings. The van der Waals surface area contributed by atoms with Crippen molar-refractivity contribution in [2.24, 2.45) is 0 Å². The number of nitrogens with one attached hydrogen (secondary N) is 1. The Balaban J connectivity index is 1.51. The predicted molar refractivity (Wildman–Crippen MR) is 132 cm³/mol. The molecule has 0 bridgehead atoms. The fraction of sp³-hybridized carbons (Fsp3) is 0.222. The minimum absolute atomic E-state index is 0.210. The van der Waals surface area contributed by atoms with Crippen LogP contribution in [0.3, 0.4) is 0 Å². The average Bonchev–Trinajstić information content (AvgIpc) is 3.26. The van der Waals surface area contributed by atoms with Crippen molar-refractivity contribution in [3.63, 3.8) is 0 Å². The molecule has 7 nitrogen and oxygen atoms in total. The molecule has 0 saturated heterocycles. The van der Waals surface area contributed by atoms with E-state index in [2.05, 4.69) is 31.2 Å². The Morgan fingerprint density at radius 1 is 0.941 bits per heavy atom. The summed E-state index contributed by atoms with van der Waals surface area (Å²) in [7, 11) is 1.49. The van der Waals surface area contributed by atoms with Crippen LogP contribution >= 0.6 is 0 Å². The molecule has 3 aromatic carbocycles. The molecule has 0 radical (unpaired) electrons. The molecule has 0 aliphatic rings. The lowest BCUT2D eigenvalue weighted by Gasteiger charge is -2.14. The van der Waals surface area contributed by atoms with E-state index in [4.69, 9.17) is 9.47 Å². The van der Waals surface area contributed by atoms with Crippen molar-refractivity contribution in [3.8, 4) is 11.4 Å². The number of nitrogens with zero attached hydrogens (tertiary/aromatic N) is 2. The fourth-order valence-corrected chi connectivity index (χ4v) is 3.54. The topological polar surface area (TPSA) is 82.4 Å². The molecule has 174 valence electrons. The summed E-state index contributed by atoms with van der Waals surface area (Å²) >= 11 is 0. The maximum Gasteiger partial charge on any atom is 0.342 e. The van der Waals surface area contributed by atoms with Crippen molar-refractivity contribution in [2.45, 2.75) is 26.2 Å². The molecule has 1 aromatic heterocycles. The highest BCUT2D eigenvalue weighted by molar-refractivity contribution is 6.00. The summed E-state index contributed by atoms with van der Waals surface area (Å²) in [6, 6.07) is 22.5. The van der Waals surface area contributed by atoms with Crippen LogP contribution in [0.5, 0.6) is 5.75 Å². The maximum absolute atomic E-state index is 12.7. The van der Waals surface area contributed by atoms with Gasteiger partial charge in [-0.25, -0.2) is 9.48 Å². The molecule has 0 aliphatic carbocycles. The van der Waals surface area contributed by atoms with Crippen LogP contribution in [0, 0.1) is 0 Å². The van der Waals surface area contributed by atoms with Gasteiger partial charge in [-0.05, 0) is 35.0 Å².